The summed E-state index contributed by atoms with van der Waals surface area (Å²) in [5.74, 6) is 8.65. The van der Waals surface area contributed by atoms with E-state index >= 15 is 0 Å². The van der Waals surface area contributed by atoms with E-state index < -0.39 is 0 Å². The fourth-order valence-corrected chi connectivity index (χ4v) is 3.04. The van der Waals surface area contributed by atoms with Gasteiger partial charge in [0.25, 0.3) is 0 Å². The highest BCUT2D eigenvalue weighted by molar-refractivity contribution is 5.11. The van der Waals surface area contributed by atoms with Gasteiger partial charge in [0, 0.05) is 19.0 Å². The molecule has 0 radical (unpaired) electrons. The van der Waals surface area contributed by atoms with E-state index in [9.17, 15) is 0 Å². The van der Waals surface area contributed by atoms with Crippen molar-refractivity contribution in [3.05, 3.63) is 12.2 Å². The van der Waals surface area contributed by atoms with Crippen LogP contribution in [0.15, 0.2) is 12.2 Å². The first kappa shape index (κ1) is 10.8. The molecule has 0 saturated heterocycles. The molecule has 1 fully saturated rings. The van der Waals surface area contributed by atoms with Gasteiger partial charge in [-0.1, -0.05) is 12.2 Å². The Morgan fingerprint density at radius 3 is 2.87 bits per heavy atom. The molecular weight excluding hydrogens is 182 g/mol. The van der Waals surface area contributed by atoms with Crippen LogP contribution in [-0.2, 0) is 0 Å². The molecule has 0 aromatic heterocycles. The van der Waals surface area contributed by atoms with Crippen molar-refractivity contribution in [2.75, 3.05) is 6.54 Å². The maximum Gasteiger partial charge on any atom is 0.0214 e. The molecule has 0 aromatic carbocycles. The maximum absolute atomic E-state index is 3.61. The minimum Gasteiger partial charge on any atom is -0.313 e. The van der Waals surface area contributed by atoms with Crippen molar-refractivity contribution in [3.8, 4) is 11.8 Å². The lowest BCUT2D eigenvalue weighted by Crippen LogP contribution is -2.36. The molecule has 1 N–H and O–H groups in total. The Bertz CT molecular complexity index is 294. The van der Waals surface area contributed by atoms with E-state index in [4.69, 9.17) is 0 Å². The van der Waals surface area contributed by atoms with Gasteiger partial charge in [0.1, 0.15) is 0 Å². The minimum absolute atomic E-state index is 0.656. The molecule has 0 heterocycles. The summed E-state index contributed by atoms with van der Waals surface area (Å²) in [6, 6.07) is 0.656. The minimum atomic E-state index is 0.656. The Labute approximate surface area is 93.3 Å². The second-order valence-corrected chi connectivity index (χ2v) is 4.86. The Hall–Kier alpha value is -0.740. The van der Waals surface area contributed by atoms with Gasteiger partial charge in [0.2, 0.25) is 0 Å². The van der Waals surface area contributed by atoms with Crippen LogP contribution >= 0.6 is 0 Å². The van der Waals surface area contributed by atoms with Gasteiger partial charge in [0.05, 0.1) is 0 Å². The third kappa shape index (κ3) is 2.44. The van der Waals surface area contributed by atoms with Crippen LogP contribution in [0.2, 0.25) is 0 Å². The Kier molecular flexibility index (Phi) is 3.49. The zero-order valence-electron chi connectivity index (χ0n) is 9.79. The van der Waals surface area contributed by atoms with Crippen molar-refractivity contribution >= 4 is 0 Å². The van der Waals surface area contributed by atoms with Gasteiger partial charge in [-0.3, -0.25) is 0 Å². The van der Waals surface area contributed by atoms with E-state index in [0.717, 1.165) is 30.7 Å². The van der Waals surface area contributed by atoms with Crippen LogP contribution < -0.4 is 5.32 Å². The Morgan fingerprint density at radius 1 is 1.40 bits per heavy atom. The van der Waals surface area contributed by atoms with E-state index in [1.807, 2.05) is 6.92 Å². The van der Waals surface area contributed by atoms with Crippen molar-refractivity contribution in [2.45, 2.75) is 39.2 Å². The van der Waals surface area contributed by atoms with Gasteiger partial charge in [-0.15, -0.1) is 11.8 Å². The molecule has 1 nitrogen and oxygen atoms in total. The monoisotopic (exact) mass is 203 g/mol. The number of hydrogen-bond acceptors (Lipinski definition) is 1. The summed E-state index contributed by atoms with van der Waals surface area (Å²) < 4.78 is 0. The van der Waals surface area contributed by atoms with E-state index in [2.05, 4.69) is 36.2 Å². The van der Waals surface area contributed by atoms with Crippen LogP contribution in [0, 0.1) is 29.6 Å². The summed E-state index contributed by atoms with van der Waals surface area (Å²) in [7, 11) is 0. The average molecular weight is 203 g/mol. The number of nitrogens with one attached hydrogen (secondary N) is 1. The molecule has 0 spiro atoms. The number of rotatable bonds is 4. The first-order chi connectivity index (χ1) is 7.31. The second-order valence-electron chi connectivity index (χ2n) is 4.86. The van der Waals surface area contributed by atoms with Crippen molar-refractivity contribution in [1.29, 1.82) is 0 Å². The lowest BCUT2D eigenvalue weighted by atomic mass is 9.87. The summed E-state index contributed by atoms with van der Waals surface area (Å²) in [5, 5.41) is 3.61. The van der Waals surface area contributed by atoms with Crippen LogP contribution in [0.1, 0.15) is 33.1 Å². The highest BCUT2D eigenvalue weighted by Gasteiger charge is 2.37. The molecule has 2 aliphatic carbocycles. The summed E-state index contributed by atoms with van der Waals surface area (Å²) in [6.45, 7) is 5.28. The zero-order valence-corrected chi connectivity index (χ0v) is 9.79. The Morgan fingerprint density at radius 2 is 2.27 bits per heavy atom. The Balaban J connectivity index is 1.74. The molecule has 0 aliphatic heterocycles. The van der Waals surface area contributed by atoms with Crippen molar-refractivity contribution in [2.24, 2.45) is 17.8 Å². The lowest BCUT2D eigenvalue weighted by molar-refractivity contribution is 0.330. The standard InChI is InChI=1S/C14H21N/c1-3-4-5-8-15-11(2)14-10-12-6-7-13(14)9-12/h6-7,11-15H,5,8-10H2,1-2H3. The molecule has 15 heavy (non-hydrogen) atoms. The number of hydrogen-bond donors (Lipinski definition) is 1. The molecule has 2 bridgehead atoms. The van der Waals surface area contributed by atoms with Gasteiger partial charge in [-0.05, 0) is 44.4 Å². The molecule has 4 atom stereocenters. The fraction of sp³-hybridized carbons (Fsp3) is 0.714. The van der Waals surface area contributed by atoms with Gasteiger partial charge in [0.15, 0.2) is 0 Å². The van der Waals surface area contributed by atoms with Crippen molar-refractivity contribution in [1.82, 2.24) is 5.32 Å². The van der Waals surface area contributed by atoms with Crippen molar-refractivity contribution in [3.63, 3.8) is 0 Å². The lowest BCUT2D eigenvalue weighted by Gasteiger charge is -2.26. The predicted molar refractivity (Wildman–Crippen MR) is 64.4 cm³/mol. The topological polar surface area (TPSA) is 12.0 Å². The summed E-state index contributed by atoms with van der Waals surface area (Å²) in [6.07, 6.45) is 8.64. The van der Waals surface area contributed by atoms with Gasteiger partial charge >= 0.3 is 0 Å². The van der Waals surface area contributed by atoms with Crippen LogP contribution in [0.4, 0.5) is 0 Å². The smallest absolute Gasteiger partial charge is 0.0214 e. The highest BCUT2D eigenvalue weighted by Crippen LogP contribution is 2.44. The molecule has 0 amide bonds. The molecule has 82 valence electrons. The molecule has 4 unspecified atom stereocenters. The van der Waals surface area contributed by atoms with E-state index in [1.165, 1.54) is 12.8 Å². The largest absolute Gasteiger partial charge is 0.313 e. The van der Waals surface area contributed by atoms with E-state index in [1.54, 1.807) is 0 Å². The molecule has 1 heteroatoms. The first-order valence-corrected chi connectivity index (χ1v) is 6.12. The molecule has 1 saturated carbocycles. The normalized spacial score (nSPS) is 33.9. The maximum atomic E-state index is 3.61. The van der Waals surface area contributed by atoms with Crippen molar-refractivity contribution < 1.29 is 0 Å². The summed E-state index contributed by atoms with van der Waals surface area (Å²) in [5.41, 5.74) is 0. The predicted octanol–water partition coefficient (Wildman–Crippen LogP) is 2.59. The third-order valence-electron chi connectivity index (χ3n) is 3.87. The second kappa shape index (κ2) is 4.86. The van der Waals surface area contributed by atoms with Crippen LogP contribution in [0.25, 0.3) is 0 Å². The van der Waals surface area contributed by atoms with Crippen LogP contribution in [0.5, 0.6) is 0 Å². The molecule has 2 rings (SSSR count). The number of fused-ring (bicyclic) bond motifs is 2. The quantitative estimate of drug-likeness (QED) is 0.421. The van der Waals surface area contributed by atoms with E-state index in [-0.39, 0.29) is 0 Å². The molecule has 2 aliphatic rings. The van der Waals surface area contributed by atoms with Crippen LogP contribution in [-0.4, -0.2) is 12.6 Å². The van der Waals surface area contributed by atoms with E-state index in [0.29, 0.717) is 6.04 Å². The third-order valence-corrected chi connectivity index (χ3v) is 3.87. The van der Waals surface area contributed by atoms with Gasteiger partial charge in [-0.25, -0.2) is 0 Å². The van der Waals surface area contributed by atoms with Gasteiger partial charge < -0.3 is 5.32 Å². The fourth-order valence-electron chi connectivity index (χ4n) is 3.04. The molecular formula is C14H21N. The highest BCUT2D eigenvalue weighted by atomic mass is 14.9. The molecule has 0 aromatic rings. The van der Waals surface area contributed by atoms with Crippen LogP contribution in [0.3, 0.4) is 0 Å². The summed E-state index contributed by atoms with van der Waals surface area (Å²) >= 11 is 0. The summed E-state index contributed by atoms with van der Waals surface area (Å²) in [4.78, 5) is 0. The number of allylic oxidation sites excluding steroid dienone is 2. The average Bonchev–Trinajstić information content (AvgIpc) is 2.85. The SMILES string of the molecule is CC#CCCNC(C)C1CC2C=CC1C2. The zero-order chi connectivity index (χ0) is 10.7. The first-order valence-electron chi connectivity index (χ1n) is 6.12. The van der Waals surface area contributed by atoms with Gasteiger partial charge in [-0.2, -0.15) is 0 Å².